The number of amides is 2. The number of halogens is 1. The van der Waals surface area contributed by atoms with E-state index in [-0.39, 0.29) is 36.7 Å². The highest BCUT2D eigenvalue weighted by molar-refractivity contribution is 5.91. The van der Waals surface area contributed by atoms with E-state index in [1.807, 2.05) is 62.4 Å². The Morgan fingerprint density at radius 3 is 2.37 bits per heavy atom. The molecule has 0 aromatic heterocycles. The van der Waals surface area contributed by atoms with E-state index in [9.17, 15) is 9.59 Å². The highest BCUT2D eigenvalue weighted by Crippen LogP contribution is 2.16. The molecule has 1 saturated heterocycles. The van der Waals surface area contributed by atoms with Crippen LogP contribution in [0.4, 0.5) is 5.69 Å². The van der Waals surface area contributed by atoms with Crippen molar-refractivity contribution in [1.82, 2.24) is 10.6 Å². The number of ether oxygens (including phenoxy) is 1. The molecule has 1 aliphatic heterocycles. The van der Waals surface area contributed by atoms with E-state index in [0.29, 0.717) is 18.2 Å². The number of rotatable bonds is 9. The van der Waals surface area contributed by atoms with E-state index in [1.165, 1.54) is 0 Å². The molecule has 3 rings (SSSR count). The fourth-order valence-electron chi connectivity index (χ4n) is 3.10. The van der Waals surface area contributed by atoms with Gasteiger partial charge in [-0.15, -0.1) is 12.4 Å². The summed E-state index contributed by atoms with van der Waals surface area (Å²) in [4.78, 5) is 24.1. The second-order valence-corrected chi connectivity index (χ2v) is 7.59. The zero-order chi connectivity index (χ0) is 20.6. The number of hydrogen-bond donors (Lipinski definition) is 3. The normalized spacial score (nSPS) is 14.1. The number of hydrogen-bond acceptors (Lipinski definition) is 4. The van der Waals surface area contributed by atoms with Gasteiger partial charge < -0.3 is 20.7 Å². The molecular formula is C23H30ClN3O3. The molecule has 3 N–H and O–H groups in total. The van der Waals surface area contributed by atoms with Crippen LogP contribution in [0.3, 0.4) is 0 Å². The number of benzene rings is 2. The molecule has 0 saturated carbocycles. The zero-order valence-corrected chi connectivity index (χ0v) is 18.3. The average molecular weight is 432 g/mol. The summed E-state index contributed by atoms with van der Waals surface area (Å²) in [5, 5.41) is 9.02. The molecule has 0 bridgehead atoms. The van der Waals surface area contributed by atoms with Crippen molar-refractivity contribution in [3.63, 3.8) is 0 Å². The number of anilines is 1. The van der Waals surface area contributed by atoms with Crippen molar-refractivity contribution in [2.75, 3.05) is 31.6 Å². The summed E-state index contributed by atoms with van der Waals surface area (Å²) in [6.45, 7) is 6.42. The van der Waals surface area contributed by atoms with Crippen molar-refractivity contribution in [2.24, 2.45) is 11.8 Å². The summed E-state index contributed by atoms with van der Waals surface area (Å²) in [6.07, 6.45) is 0.759. The Hall–Kier alpha value is -2.57. The quantitative estimate of drug-likeness (QED) is 0.570. The molecule has 162 valence electrons. The molecule has 1 heterocycles. The van der Waals surface area contributed by atoms with Gasteiger partial charge in [-0.2, -0.15) is 0 Å². The molecule has 1 atom stereocenters. The first kappa shape index (κ1) is 23.7. The summed E-state index contributed by atoms with van der Waals surface area (Å²) in [7, 11) is 0. The number of nitrogens with one attached hydrogen (secondary N) is 3. The second-order valence-electron chi connectivity index (χ2n) is 7.59. The van der Waals surface area contributed by atoms with Crippen molar-refractivity contribution in [2.45, 2.75) is 20.3 Å². The van der Waals surface area contributed by atoms with Crippen LogP contribution in [0.1, 0.15) is 18.1 Å². The van der Waals surface area contributed by atoms with Crippen molar-refractivity contribution in [1.29, 1.82) is 0 Å². The van der Waals surface area contributed by atoms with Crippen LogP contribution in [-0.4, -0.2) is 38.1 Å². The number of aryl methyl sites for hydroxylation is 1. The molecule has 1 fully saturated rings. The highest BCUT2D eigenvalue weighted by atomic mass is 35.5. The van der Waals surface area contributed by atoms with E-state index in [2.05, 4.69) is 16.0 Å². The van der Waals surface area contributed by atoms with Crippen LogP contribution >= 0.6 is 12.4 Å². The van der Waals surface area contributed by atoms with Crippen LogP contribution < -0.4 is 20.7 Å². The van der Waals surface area contributed by atoms with Gasteiger partial charge in [-0.05, 0) is 62.2 Å². The smallest absolute Gasteiger partial charge is 0.262 e. The maximum atomic E-state index is 12.1. The van der Waals surface area contributed by atoms with Gasteiger partial charge in [0.25, 0.3) is 5.91 Å². The lowest BCUT2D eigenvalue weighted by atomic mass is 9.88. The maximum absolute atomic E-state index is 12.1. The van der Waals surface area contributed by atoms with Crippen molar-refractivity contribution < 1.29 is 14.3 Å². The summed E-state index contributed by atoms with van der Waals surface area (Å²) in [5.41, 5.74) is 3.01. The van der Waals surface area contributed by atoms with Gasteiger partial charge in [0.15, 0.2) is 6.61 Å². The third-order valence-corrected chi connectivity index (χ3v) is 5.28. The Morgan fingerprint density at radius 1 is 1.10 bits per heavy atom. The van der Waals surface area contributed by atoms with E-state index >= 15 is 0 Å². The lowest BCUT2D eigenvalue weighted by Crippen LogP contribution is -2.49. The predicted octanol–water partition coefficient (Wildman–Crippen LogP) is 2.95. The lowest BCUT2D eigenvalue weighted by Gasteiger charge is -2.31. The van der Waals surface area contributed by atoms with Crippen LogP contribution in [0.5, 0.6) is 5.75 Å². The van der Waals surface area contributed by atoms with Crippen LogP contribution in [0, 0.1) is 18.8 Å². The minimum absolute atomic E-state index is 0. The van der Waals surface area contributed by atoms with Gasteiger partial charge in [0, 0.05) is 18.2 Å². The molecule has 0 spiro atoms. The van der Waals surface area contributed by atoms with Gasteiger partial charge in [-0.25, -0.2) is 0 Å². The molecule has 2 aromatic carbocycles. The zero-order valence-electron chi connectivity index (χ0n) is 17.4. The monoisotopic (exact) mass is 431 g/mol. The second kappa shape index (κ2) is 11.6. The van der Waals surface area contributed by atoms with Gasteiger partial charge >= 0.3 is 0 Å². The van der Waals surface area contributed by atoms with Gasteiger partial charge in [-0.3, -0.25) is 9.59 Å². The van der Waals surface area contributed by atoms with Gasteiger partial charge in [0.05, 0.1) is 0 Å². The summed E-state index contributed by atoms with van der Waals surface area (Å²) >= 11 is 0. The van der Waals surface area contributed by atoms with E-state index in [4.69, 9.17) is 4.74 Å². The van der Waals surface area contributed by atoms with Gasteiger partial charge in [-0.1, -0.05) is 36.8 Å². The summed E-state index contributed by atoms with van der Waals surface area (Å²) < 4.78 is 5.55. The minimum Gasteiger partial charge on any atom is -0.484 e. The Labute approximate surface area is 184 Å². The Balaban J connectivity index is 0.00000320. The Morgan fingerprint density at radius 2 is 1.77 bits per heavy atom. The molecule has 0 aliphatic carbocycles. The molecule has 2 amide bonds. The van der Waals surface area contributed by atoms with Crippen molar-refractivity contribution in [3.8, 4) is 5.75 Å². The fraction of sp³-hybridized carbons (Fsp3) is 0.391. The van der Waals surface area contributed by atoms with Crippen molar-refractivity contribution >= 4 is 29.9 Å². The predicted molar refractivity (Wildman–Crippen MR) is 121 cm³/mol. The average Bonchev–Trinajstić information content (AvgIpc) is 2.67. The molecule has 1 aliphatic rings. The first-order chi connectivity index (χ1) is 14.0. The van der Waals surface area contributed by atoms with Crippen LogP contribution in [-0.2, 0) is 16.0 Å². The maximum Gasteiger partial charge on any atom is 0.262 e. The summed E-state index contributed by atoms with van der Waals surface area (Å²) in [5.74, 6) is 1.07. The lowest BCUT2D eigenvalue weighted by molar-refractivity contribution is -0.126. The third kappa shape index (κ3) is 7.04. The van der Waals surface area contributed by atoms with Crippen LogP contribution in [0.2, 0.25) is 0 Å². The number of carbonyl (C=O) groups excluding carboxylic acids is 2. The Bertz CT molecular complexity index is 821. The van der Waals surface area contributed by atoms with Crippen molar-refractivity contribution in [3.05, 3.63) is 59.7 Å². The van der Waals surface area contributed by atoms with E-state index in [0.717, 1.165) is 36.3 Å². The molecule has 1 unspecified atom stereocenters. The highest BCUT2D eigenvalue weighted by Gasteiger charge is 2.28. The minimum atomic E-state index is -0.198. The first-order valence-corrected chi connectivity index (χ1v) is 10.1. The molecule has 0 radical (unpaired) electrons. The molecule has 30 heavy (non-hydrogen) atoms. The van der Waals surface area contributed by atoms with Crippen LogP contribution in [0.25, 0.3) is 0 Å². The molecule has 6 nitrogen and oxygen atoms in total. The topological polar surface area (TPSA) is 79.5 Å². The SMILES string of the molecule is Cc1ccc(NC(=O)COc2ccc(CCNC(=O)C(C)C3CNC3)cc2)cc1.Cl. The van der Waals surface area contributed by atoms with E-state index < -0.39 is 0 Å². The first-order valence-electron chi connectivity index (χ1n) is 10.1. The Kier molecular flexibility index (Phi) is 9.15. The fourth-order valence-corrected chi connectivity index (χ4v) is 3.10. The van der Waals surface area contributed by atoms with Gasteiger partial charge in [0.1, 0.15) is 5.75 Å². The van der Waals surface area contributed by atoms with E-state index in [1.54, 1.807) is 0 Å². The van der Waals surface area contributed by atoms with Gasteiger partial charge in [0.2, 0.25) is 5.91 Å². The third-order valence-electron chi connectivity index (χ3n) is 5.28. The number of carbonyl (C=O) groups is 2. The summed E-state index contributed by atoms with van der Waals surface area (Å²) in [6, 6.07) is 15.2. The molecule has 2 aromatic rings. The molecular weight excluding hydrogens is 402 g/mol. The van der Waals surface area contributed by atoms with Crippen LogP contribution in [0.15, 0.2) is 48.5 Å². The molecule has 7 heteroatoms. The largest absolute Gasteiger partial charge is 0.484 e. The standard InChI is InChI=1S/C23H29N3O3.ClH/c1-16-3-7-20(8-4-16)26-22(27)15-29-21-9-5-18(6-10-21)11-12-25-23(28)17(2)19-13-24-14-19;/h3-10,17,19,24H,11-15H2,1-2H3,(H,25,28)(H,26,27);1H.